The molecule has 0 saturated heterocycles. The zero-order valence-corrected chi connectivity index (χ0v) is 18.8. The molecule has 0 amide bonds. The molecule has 0 aliphatic heterocycles. The first-order valence-corrected chi connectivity index (χ1v) is 11.5. The van der Waals surface area contributed by atoms with E-state index < -0.39 is 26.4 Å². The molecule has 1 aliphatic rings. The topological polar surface area (TPSA) is 76.7 Å². The van der Waals surface area contributed by atoms with E-state index in [2.05, 4.69) is 23.2 Å². The highest BCUT2D eigenvalue weighted by Crippen LogP contribution is 2.50. The molecule has 2 aromatic rings. The minimum atomic E-state index is -3.95. The van der Waals surface area contributed by atoms with Gasteiger partial charge in [-0.15, -0.1) is 6.58 Å². The van der Waals surface area contributed by atoms with E-state index in [1.165, 1.54) is 37.5 Å². The zero-order valence-electron chi connectivity index (χ0n) is 18.0. The Kier molecular flexibility index (Phi) is 6.78. The molecule has 0 bridgehead atoms. The summed E-state index contributed by atoms with van der Waals surface area (Å²) >= 11 is 0. The van der Waals surface area contributed by atoms with Crippen LogP contribution in [0, 0.1) is 18.6 Å². The predicted molar refractivity (Wildman–Crippen MR) is 122 cm³/mol. The lowest BCUT2D eigenvalue weighted by Gasteiger charge is -2.23. The van der Waals surface area contributed by atoms with Crippen molar-refractivity contribution < 1.29 is 26.7 Å². The fourth-order valence-corrected chi connectivity index (χ4v) is 4.99. The van der Waals surface area contributed by atoms with Crippen molar-refractivity contribution in [2.24, 2.45) is 0 Å². The standard InChI is InChI=1S/C23H26F2N2O4S/c1-5-9-23(10-11-23)32(28,29)27-21-19(31-12-6-2)14-18(30-4)20(25)22(21)26-17-8-7-15(3)13-16(17)24/h5-8,13-14,26-27H,1-2,9-12H2,3-4H3. The Bertz CT molecular complexity index is 1150. The van der Waals surface area contributed by atoms with Gasteiger partial charge in [0.05, 0.1) is 17.5 Å². The van der Waals surface area contributed by atoms with Crippen LogP contribution in [-0.4, -0.2) is 26.9 Å². The first-order chi connectivity index (χ1) is 15.2. The van der Waals surface area contributed by atoms with Crippen molar-refractivity contribution in [2.75, 3.05) is 23.8 Å². The van der Waals surface area contributed by atoms with Crippen LogP contribution in [0.1, 0.15) is 24.8 Å². The van der Waals surface area contributed by atoms with E-state index in [4.69, 9.17) is 9.47 Å². The van der Waals surface area contributed by atoms with Gasteiger partial charge in [0.25, 0.3) is 0 Å². The predicted octanol–water partition coefficient (Wildman–Crippen LogP) is 5.44. The normalized spacial score (nSPS) is 14.4. The van der Waals surface area contributed by atoms with Crippen molar-refractivity contribution in [3.63, 3.8) is 0 Å². The summed E-state index contributed by atoms with van der Waals surface area (Å²) in [5.41, 5.74) is 0.143. The van der Waals surface area contributed by atoms with E-state index in [0.29, 0.717) is 18.4 Å². The summed E-state index contributed by atoms with van der Waals surface area (Å²) < 4.78 is 68.4. The second kappa shape index (κ2) is 9.20. The largest absolute Gasteiger partial charge is 0.493 e. The first kappa shape index (κ1) is 23.6. The summed E-state index contributed by atoms with van der Waals surface area (Å²) in [4.78, 5) is 0. The number of ether oxygens (including phenoxy) is 2. The highest BCUT2D eigenvalue weighted by atomic mass is 32.2. The van der Waals surface area contributed by atoms with Crippen LogP contribution in [0.5, 0.6) is 11.5 Å². The number of benzene rings is 2. The third-order valence-electron chi connectivity index (χ3n) is 5.29. The summed E-state index contributed by atoms with van der Waals surface area (Å²) in [6.45, 7) is 8.96. The van der Waals surface area contributed by atoms with Crippen molar-refractivity contribution in [2.45, 2.75) is 30.9 Å². The number of methoxy groups -OCH3 is 1. The van der Waals surface area contributed by atoms with E-state index in [-0.39, 0.29) is 41.6 Å². The molecule has 1 saturated carbocycles. The Labute approximate surface area is 187 Å². The van der Waals surface area contributed by atoms with Crippen molar-refractivity contribution in [3.05, 3.63) is 66.8 Å². The number of hydrogen-bond acceptors (Lipinski definition) is 5. The molecule has 2 N–H and O–H groups in total. The van der Waals surface area contributed by atoms with Gasteiger partial charge in [-0.3, -0.25) is 4.72 Å². The molecule has 9 heteroatoms. The fourth-order valence-electron chi connectivity index (χ4n) is 3.32. The summed E-state index contributed by atoms with van der Waals surface area (Å²) in [6, 6.07) is 5.60. The zero-order chi connectivity index (χ0) is 23.5. The molecule has 0 spiro atoms. The molecular weight excluding hydrogens is 438 g/mol. The van der Waals surface area contributed by atoms with Gasteiger partial charge in [-0.05, 0) is 43.9 Å². The number of anilines is 3. The lowest BCUT2D eigenvalue weighted by molar-refractivity contribution is 0.353. The number of allylic oxidation sites excluding steroid dienone is 1. The molecule has 3 rings (SSSR count). The molecule has 0 aromatic heterocycles. The molecule has 2 aromatic carbocycles. The highest BCUT2D eigenvalue weighted by Gasteiger charge is 2.54. The number of aryl methyl sites for hydroxylation is 1. The number of sulfonamides is 1. The maximum absolute atomic E-state index is 15.3. The lowest BCUT2D eigenvalue weighted by Crippen LogP contribution is -2.30. The minimum Gasteiger partial charge on any atom is -0.493 e. The number of nitrogens with one attached hydrogen (secondary N) is 2. The fraction of sp³-hybridized carbons (Fsp3) is 0.304. The molecule has 172 valence electrons. The molecule has 6 nitrogen and oxygen atoms in total. The molecule has 0 unspecified atom stereocenters. The van der Waals surface area contributed by atoms with Crippen LogP contribution in [0.25, 0.3) is 0 Å². The maximum atomic E-state index is 15.3. The van der Waals surface area contributed by atoms with E-state index in [1.807, 2.05) is 0 Å². The quantitative estimate of drug-likeness (QED) is 0.433. The Morgan fingerprint density at radius 1 is 1.12 bits per heavy atom. The van der Waals surface area contributed by atoms with Gasteiger partial charge < -0.3 is 14.8 Å². The van der Waals surface area contributed by atoms with Gasteiger partial charge in [0.1, 0.15) is 29.5 Å². The Balaban J connectivity index is 2.16. The van der Waals surface area contributed by atoms with Gasteiger partial charge in [0.2, 0.25) is 10.0 Å². The molecule has 32 heavy (non-hydrogen) atoms. The summed E-state index contributed by atoms with van der Waals surface area (Å²) in [7, 11) is -2.68. The van der Waals surface area contributed by atoms with Crippen LogP contribution in [0.2, 0.25) is 0 Å². The highest BCUT2D eigenvalue weighted by molar-refractivity contribution is 7.94. The van der Waals surface area contributed by atoms with Gasteiger partial charge in [-0.2, -0.15) is 0 Å². The second-order valence-electron chi connectivity index (χ2n) is 7.63. The van der Waals surface area contributed by atoms with Gasteiger partial charge in [0.15, 0.2) is 11.6 Å². The third kappa shape index (κ3) is 4.57. The van der Waals surface area contributed by atoms with Crippen LogP contribution < -0.4 is 19.5 Å². The summed E-state index contributed by atoms with van der Waals surface area (Å²) in [6.07, 6.45) is 4.15. The van der Waals surface area contributed by atoms with E-state index in [0.717, 1.165) is 0 Å². The maximum Gasteiger partial charge on any atom is 0.238 e. The average Bonchev–Trinajstić information content (AvgIpc) is 3.53. The van der Waals surface area contributed by atoms with E-state index in [9.17, 15) is 12.8 Å². The Hall–Kier alpha value is -3.07. The molecule has 0 heterocycles. The van der Waals surface area contributed by atoms with Crippen molar-refractivity contribution in [1.29, 1.82) is 0 Å². The van der Waals surface area contributed by atoms with Crippen molar-refractivity contribution in [1.82, 2.24) is 0 Å². The summed E-state index contributed by atoms with van der Waals surface area (Å²) in [5, 5.41) is 2.67. The average molecular weight is 465 g/mol. The van der Waals surface area contributed by atoms with Gasteiger partial charge >= 0.3 is 0 Å². The lowest BCUT2D eigenvalue weighted by atomic mass is 10.2. The van der Waals surface area contributed by atoms with E-state index >= 15 is 4.39 Å². The smallest absolute Gasteiger partial charge is 0.238 e. The van der Waals surface area contributed by atoms with Crippen LogP contribution in [0.3, 0.4) is 0 Å². The number of halogens is 2. The number of rotatable bonds is 11. The first-order valence-electron chi connectivity index (χ1n) is 9.98. The molecule has 1 fully saturated rings. The second-order valence-corrected chi connectivity index (χ2v) is 9.71. The van der Waals surface area contributed by atoms with Gasteiger partial charge in [-0.25, -0.2) is 17.2 Å². The molecule has 0 radical (unpaired) electrons. The monoisotopic (exact) mass is 464 g/mol. The number of hydrogen-bond donors (Lipinski definition) is 2. The molecular formula is C23H26F2N2O4S. The Morgan fingerprint density at radius 3 is 2.41 bits per heavy atom. The van der Waals surface area contributed by atoms with Gasteiger partial charge in [-0.1, -0.05) is 24.8 Å². The minimum absolute atomic E-state index is 0.0103. The third-order valence-corrected chi connectivity index (χ3v) is 7.47. The molecule has 1 aliphatic carbocycles. The van der Waals surface area contributed by atoms with Gasteiger partial charge in [0, 0.05) is 6.07 Å². The van der Waals surface area contributed by atoms with Crippen LogP contribution in [0.15, 0.2) is 49.6 Å². The Morgan fingerprint density at radius 2 is 1.84 bits per heavy atom. The van der Waals surface area contributed by atoms with Crippen molar-refractivity contribution in [3.8, 4) is 11.5 Å². The SMILES string of the molecule is C=CCOc1cc(OC)c(F)c(Nc2ccc(C)cc2F)c1NS(=O)(=O)C1(CC=C)CC1. The van der Waals surface area contributed by atoms with Crippen LogP contribution >= 0.6 is 0 Å². The van der Waals surface area contributed by atoms with Crippen LogP contribution in [-0.2, 0) is 10.0 Å². The summed E-state index contributed by atoms with van der Waals surface area (Å²) in [5.74, 6) is -1.71. The molecule has 0 atom stereocenters. The van der Waals surface area contributed by atoms with E-state index in [1.54, 1.807) is 13.0 Å². The van der Waals surface area contributed by atoms with Crippen LogP contribution in [0.4, 0.5) is 25.8 Å². The van der Waals surface area contributed by atoms with Crippen molar-refractivity contribution >= 4 is 27.1 Å².